The molecule has 0 aromatic heterocycles. The highest BCUT2D eigenvalue weighted by molar-refractivity contribution is 14.1. The van der Waals surface area contributed by atoms with Gasteiger partial charge in [-0.15, -0.1) is 0 Å². The topological polar surface area (TPSA) is 97.4 Å². The third-order valence-electron chi connectivity index (χ3n) is 2.71. The fourth-order valence-electron chi connectivity index (χ4n) is 1.70. The summed E-state index contributed by atoms with van der Waals surface area (Å²) in [6.45, 7) is 3.52. The number of halogens is 3. The van der Waals surface area contributed by atoms with Crippen molar-refractivity contribution < 1.29 is 24.0 Å². The first-order chi connectivity index (χ1) is 10.5. The van der Waals surface area contributed by atoms with Crippen LogP contribution in [-0.2, 0) is 14.4 Å². The minimum Gasteiger partial charge on any atom is -0.324 e. The molecule has 0 unspecified atom stereocenters. The van der Waals surface area contributed by atoms with Gasteiger partial charge in [-0.1, -0.05) is 0 Å². The molecule has 1 aromatic rings. The van der Waals surface area contributed by atoms with E-state index in [0.717, 1.165) is 13.8 Å². The smallest absolute Gasteiger partial charge is 0.230 e. The summed E-state index contributed by atoms with van der Waals surface area (Å²) in [5.74, 6) is -3.35. The van der Waals surface area contributed by atoms with Crippen molar-refractivity contribution in [3.8, 4) is 0 Å². The van der Waals surface area contributed by atoms with Crippen molar-refractivity contribution in [1.82, 2.24) is 0 Å². The van der Waals surface area contributed by atoms with Crippen LogP contribution in [-0.4, -0.2) is 29.0 Å². The third-order valence-corrected chi connectivity index (χ3v) is 5.95. The average Bonchev–Trinajstić information content (AvgIpc) is 2.42. The van der Waals surface area contributed by atoms with Gasteiger partial charge in [0.15, 0.2) is 11.6 Å². The van der Waals surface area contributed by atoms with Crippen LogP contribution in [0.3, 0.4) is 0 Å². The van der Waals surface area contributed by atoms with Crippen LogP contribution in [0.1, 0.15) is 41.5 Å². The molecule has 0 bridgehead atoms. The zero-order chi connectivity index (χ0) is 18.1. The van der Waals surface area contributed by atoms with Gasteiger partial charge in [0.2, 0.25) is 17.5 Å². The minimum atomic E-state index is -0.778. The van der Waals surface area contributed by atoms with Crippen molar-refractivity contribution in [2.45, 2.75) is 20.8 Å². The number of anilines is 1. The van der Waals surface area contributed by atoms with Crippen LogP contribution in [0.2, 0.25) is 0 Å². The number of Topliss-reactive ketones (excluding diaryl/α,β-unsaturated/α-hetero) is 4. The van der Waals surface area contributed by atoms with Gasteiger partial charge in [0.1, 0.15) is 0 Å². The quantitative estimate of drug-likeness (QED) is 0.300. The maximum Gasteiger partial charge on any atom is 0.230 e. The number of hydrogen-bond acceptors (Lipinski definition) is 5. The molecule has 0 aliphatic heterocycles. The van der Waals surface area contributed by atoms with E-state index in [-0.39, 0.29) is 20.4 Å². The van der Waals surface area contributed by atoms with Crippen molar-refractivity contribution in [3.63, 3.8) is 0 Å². The summed E-state index contributed by atoms with van der Waals surface area (Å²) in [4.78, 5) is 58.8. The molecule has 1 amide bonds. The first-order valence-corrected chi connectivity index (χ1v) is 9.32. The molecule has 0 fully saturated rings. The lowest BCUT2D eigenvalue weighted by atomic mass is 10.00. The van der Waals surface area contributed by atoms with Gasteiger partial charge in [-0.05, 0) is 67.8 Å². The highest BCUT2D eigenvalue weighted by Gasteiger charge is 2.30. The van der Waals surface area contributed by atoms with E-state index < -0.39 is 29.0 Å². The lowest BCUT2D eigenvalue weighted by Crippen LogP contribution is -2.23. The summed E-state index contributed by atoms with van der Waals surface area (Å²) >= 11 is 5.45. The van der Waals surface area contributed by atoms with E-state index in [4.69, 9.17) is 0 Å². The second-order valence-electron chi connectivity index (χ2n) is 4.52. The first-order valence-electron chi connectivity index (χ1n) is 6.09. The molecule has 122 valence electrons. The molecule has 0 saturated carbocycles. The summed E-state index contributed by atoms with van der Waals surface area (Å²) in [5.41, 5.74) is 0.285. The van der Waals surface area contributed by atoms with Crippen molar-refractivity contribution in [2.75, 3.05) is 5.32 Å². The van der Waals surface area contributed by atoms with Crippen LogP contribution in [0.4, 0.5) is 5.69 Å². The van der Waals surface area contributed by atoms with Gasteiger partial charge >= 0.3 is 0 Å². The van der Waals surface area contributed by atoms with Crippen LogP contribution in [0.15, 0.2) is 0 Å². The normalized spacial score (nSPS) is 10.2. The zero-order valence-corrected chi connectivity index (χ0v) is 18.6. The second kappa shape index (κ2) is 8.09. The summed E-state index contributed by atoms with van der Waals surface area (Å²) in [6, 6.07) is 0. The van der Waals surface area contributed by atoms with Crippen molar-refractivity contribution >= 4 is 103 Å². The maximum atomic E-state index is 12.2. The highest BCUT2D eigenvalue weighted by atomic mass is 127. The number of rotatable bonds is 5. The van der Waals surface area contributed by atoms with Crippen LogP contribution in [0.5, 0.6) is 0 Å². The molecule has 1 aromatic carbocycles. The Morgan fingerprint density at radius 1 is 0.696 bits per heavy atom. The predicted molar refractivity (Wildman–Crippen MR) is 109 cm³/mol. The summed E-state index contributed by atoms with van der Waals surface area (Å²) in [5, 5.41) is 2.55. The van der Waals surface area contributed by atoms with Crippen molar-refractivity contribution in [2.24, 2.45) is 0 Å². The number of benzene rings is 1. The summed E-state index contributed by atoms with van der Waals surface area (Å²) < 4.78 is 0.935. The van der Waals surface area contributed by atoms with E-state index in [2.05, 4.69) is 5.32 Å². The lowest BCUT2D eigenvalue weighted by molar-refractivity contribution is -0.114. The van der Waals surface area contributed by atoms with Crippen LogP contribution < -0.4 is 5.32 Å². The molecule has 0 spiro atoms. The Balaban J connectivity index is 3.91. The van der Waals surface area contributed by atoms with E-state index in [0.29, 0.717) is 7.14 Å². The number of amides is 1. The van der Waals surface area contributed by atoms with Crippen LogP contribution >= 0.6 is 67.8 Å². The summed E-state index contributed by atoms with van der Waals surface area (Å²) in [6.07, 6.45) is 0. The van der Waals surface area contributed by atoms with Crippen LogP contribution in [0, 0.1) is 10.7 Å². The van der Waals surface area contributed by atoms with Gasteiger partial charge in [-0.2, -0.15) is 0 Å². The molecule has 1 N–H and O–H groups in total. The van der Waals surface area contributed by atoms with Gasteiger partial charge in [-0.3, -0.25) is 24.0 Å². The number of ketones is 4. The first kappa shape index (κ1) is 20.6. The number of nitrogens with one attached hydrogen (secondary N) is 1. The number of carbonyl (C=O) groups excluding carboxylic acids is 5. The number of hydrogen-bond donors (Lipinski definition) is 1. The molecule has 0 aliphatic carbocycles. The SMILES string of the molecule is CC(=O)Nc1c(I)c(C(=O)C(C)=O)c(I)c(C(=O)C(C)=O)c1I. The molecule has 6 nitrogen and oxygen atoms in total. The molecule has 0 heterocycles. The second-order valence-corrected chi connectivity index (χ2v) is 7.76. The van der Waals surface area contributed by atoms with Gasteiger partial charge in [0.25, 0.3) is 0 Å². The van der Waals surface area contributed by atoms with E-state index in [9.17, 15) is 24.0 Å². The Kier molecular flexibility index (Phi) is 7.25. The molecule has 0 radical (unpaired) electrons. The fourth-order valence-corrected chi connectivity index (χ4v) is 6.12. The fraction of sp³-hybridized carbons (Fsp3) is 0.214. The minimum absolute atomic E-state index is 0.0208. The Hall–Kier alpha value is -0.440. The van der Waals surface area contributed by atoms with Gasteiger partial charge in [-0.25, -0.2) is 0 Å². The molecule has 1 rings (SSSR count). The van der Waals surface area contributed by atoms with Gasteiger partial charge in [0.05, 0.1) is 24.0 Å². The highest BCUT2D eigenvalue weighted by Crippen LogP contribution is 2.36. The molecule has 9 heteroatoms. The van der Waals surface area contributed by atoms with Gasteiger partial charge < -0.3 is 5.32 Å². The van der Waals surface area contributed by atoms with Crippen molar-refractivity contribution in [3.05, 3.63) is 21.8 Å². The summed E-state index contributed by atoms with van der Waals surface area (Å²) in [7, 11) is 0. The predicted octanol–water partition coefficient (Wildman–Crippen LogP) is 3.00. The largest absolute Gasteiger partial charge is 0.324 e. The molecule has 0 atom stereocenters. The molecule has 0 saturated heterocycles. The monoisotopic (exact) mass is 653 g/mol. The lowest BCUT2D eigenvalue weighted by Gasteiger charge is -2.17. The zero-order valence-electron chi connectivity index (χ0n) is 12.2. The van der Waals surface area contributed by atoms with Gasteiger partial charge in [0, 0.05) is 24.3 Å². The Bertz CT molecular complexity index is 717. The standard InChI is InChI=1S/C14H10I3NO5/c1-4(19)13(22)7-9(15)8(14(23)5(2)20)11(17)12(10(7)16)18-6(3)21/h1-3H3,(H,18,21). The number of carbonyl (C=O) groups is 5. The average molecular weight is 653 g/mol. The Morgan fingerprint density at radius 3 is 1.30 bits per heavy atom. The van der Waals surface area contributed by atoms with E-state index in [1.165, 1.54) is 6.92 Å². The Labute approximate surface area is 172 Å². The molecule has 23 heavy (non-hydrogen) atoms. The van der Waals surface area contributed by atoms with Crippen molar-refractivity contribution in [1.29, 1.82) is 0 Å². The van der Waals surface area contributed by atoms with E-state index >= 15 is 0 Å². The maximum absolute atomic E-state index is 12.2. The molecular weight excluding hydrogens is 643 g/mol. The Morgan fingerprint density at radius 2 is 1.04 bits per heavy atom. The third kappa shape index (κ3) is 4.35. The molecular formula is C14H10I3NO5. The molecule has 0 aliphatic rings. The van der Waals surface area contributed by atoms with Crippen LogP contribution in [0.25, 0.3) is 0 Å². The van der Waals surface area contributed by atoms with E-state index in [1.54, 1.807) is 22.6 Å². The van der Waals surface area contributed by atoms with E-state index in [1.807, 2.05) is 45.2 Å².